The summed E-state index contributed by atoms with van der Waals surface area (Å²) >= 11 is 0. The molecule has 0 spiro atoms. The third-order valence-electron chi connectivity index (χ3n) is 6.05. The minimum Gasteiger partial charge on any atom is -0.497 e. The van der Waals surface area contributed by atoms with Gasteiger partial charge in [0.2, 0.25) is 5.95 Å². The van der Waals surface area contributed by atoms with Crippen LogP contribution in [0.25, 0.3) is 10.9 Å². The second-order valence-electron chi connectivity index (χ2n) is 8.30. The van der Waals surface area contributed by atoms with Gasteiger partial charge in [-0.3, -0.25) is 0 Å². The number of hydrogen-bond acceptors (Lipinski definition) is 5. The van der Waals surface area contributed by atoms with E-state index in [1.807, 2.05) is 12.1 Å². The fraction of sp³-hybridized carbons (Fsp3) is 0.440. The molecule has 3 aromatic rings. The first-order valence-corrected chi connectivity index (χ1v) is 11.0. The number of rotatable bonds is 6. The van der Waals surface area contributed by atoms with Crippen LogP contribution in [0.1, 0.15) is 36.1 Å². The van der Waals surface area contributed by atoms with Crippen molar-refractivity contribution < 1.29 is 4.74 Å². The molecule has 1 atom stereocenters. The van der Waals surface area contributed by atoms with Crippen molar-refractivity contribution in [3.05, 3.63) is 59.3 Å². The van der Waals surface area contributed by atoms with Crippen molar-refractivity contribution in [2.75, 3.05) is 31.6 Å². The van der Waals surface area contributed by atoms with Gasteiger partial charge in [-0.05, 0) is 75.4 Å². The number of hydrogen-bond donors (Lipinski definition) is 1. The Kier molecular flexibility index (Phi) is 6.48. The molecule has 0 amide bonds. The Bertz CT molecular complexity index is 986. The Morgan fingerprint density at radius 2 is 1.87 bits per heavy atom. The van der Waals surface area contributed by atoms with Gasteiger partial charge in [-0.1, -0.05) is 24.3 Å². The molecule has 4 rings (SSSR count). The van der Waals surface area contributed by atoms with E-state index in [9.17, 15) is 0 Å². The quantitative estimate of drug-likeness (QED) is 0.658. The lowest BCUT2D eigenvalue weighted by atomic mass is 10.1. The molecule has 5 heteroatoms. The fourth-order valence-electron chi connectivity index (χ4n) is 4.24. The summed E-state index contributed by atoms with van der Waals surface area (Å²) in [5, 5.41) is 4.91. The fourth-order valence-corrected chi connectivity index (χ4v) is 4.24. The molecular formula is C25H32N4O. The predicted octanol–water partition coefficient (Wildman–Crippen LogP) is 4.45. The van der Waals surface area contributed by atoms with Gasteiger partial charge >= 0.3 is 0 Å². The van der Waals surface area contributed by atoms with Gasteiger partial charge in [0.25, 0.3) is 0 Å². The summed E-state index contributed by atoms with van der Waals surface area (Å²) in [4.78, 5) is 12.1. The van der Waals surface area contributed by atoms with Crippen LogP contribution in [0, 0.1) is 13.8 Å². The van der Waals surface area contributed by atoms with E-state index in [1.54, 1.807) is 7.11 Å². The first kappa shape index (κ1) is 20.6. The molecule has 1 aliphatic heterocycles. The van der Waals surface area contributed by atoms with E-state index in [4.69, 9.17) is 14.7 Å². The van der Waals surface area contributed by atoms with Crippen LogP contribution in [-0.2, 0) is 6.42 Å². The number of fused-ring (bicyclic) bond motifs is 1. The summed E-state index contributed by atoms with van der Waals surface area (Å²) in [7, 11) is 1.71. The molecule has 2 heterocycles. The molecule has 158 valence electrons. The summed E-state index contributed by atoms with van der Waals surface area (Å²) in [6, 6.07) is 15.3. The van der Waals surface area contributed by atoms with Crippen LogP contribution in [0.3, 0.4) is 0 Å². The van der Waals surface area contributed by atoms with Crippen molar-refractivity contribution >= 4 is 16.9 Å². The molecule has 0 aliphatic carbocycles. The van der Waals surface area contributed by atoms with E-state index in [1.165, 1.54) is 17.5 Å². The average Bonchev–Trinajstić information content (AvgIpc) is 2.99. The standard InChI is InChI=1S/C25H32N4O/c1-18-6-11-23-19(2)27-25(28-24(23)17-18)29-15-4-5-21(13-16-29)26-14-12-20-7-9-22(30-3)10-8-20/h6-11,17,21,26H,4-5,12-16H2,1-3H3. The summed E-state index contributed by atoms with van der Waals surface area (Å²) < 4.78 is 5.24. The zero-order valence-electron chi connectivity index (χ0n) is 18.3. The first-order valence-electron chi connectivity index (χ1n) is 11.0. The number of aromatic nitrogens is 2. The molecule has 0 radical (unpaired) electrons. The van der Waals surface area contributed by atoms with Crippen LogP contribution in [0.4, 0.5) is 5.95 Å². The van der Waals surface area contributed by atoms with Gasteiger partial charge in [0, 0.05) is 24.5 Å². The van der Waals surface area contributed by atoms with Crippen LogP contribution in [0.2, 0.25) is 0 Å². The number of ether oxygens (including phenoxy) is 1. The summed E-state index contributed by atoms with van der Waals surface area (Å²) in [5.41, 5.74) is 4.70. The first-order chi connectivity index (χ1) is 14.6. The van der Waals surface area contributed by atoms with Crippen molar-refractivity contribution in [2.45, 2.75) is 45.6 Å². The highest BCUT2D eigenvalue weighted by molar-refractivity contribution is 5.82. The van der Waals surface area contributed by atoms with E-state index in [2.05, 4.69) is 54.4 Å². The molecule has 1 aliphatic rings. The normalized spacial score (nSPS) is 17.2. The zero-order chi connectivity index (χ0) is 20.9. The topological polar surface area (TPSA) is 50.3 Å². The van der Waals surface area contributed by atoms with E-state index >= 15 is 0 Å². The SMILES string of the molecule is COc1ccc(CCNC2CCCN(c3nc(C)c4ccc(C)cc4n3)CC2)cc1. The number of aryl methyl sites for hydroxylation is 2. The molecule has 5 nitrogen and oxygen atoms in total. The van der Waals surface area contributed by atoms with Gasteiger partial charge < -0.3 is 15.0 Å². The second-order valence-corrected chi connectivity index (χ2v) is 8.30. The van der Waals surface area contributed by atoms with Crippen LogP contribution in [0.15, 0.2) is 42.5 Å². The van der Waals surface area contributed by atoms with Gasteiger partial charge in [-0.15, -0.1) is 0 Å². The van der Waals surface area contributed by atoms with Crippen molar-refractivity contribution in [1.29, 1.82) is 0 Å². The van der Waals surface area contributed by atoms with E-state index < -0.39 is 0 Å². The largest absolute Gasteiger partial charge is 0.497 e. The highest BCUT2D eigenvalue weighted by Gasteiger charge is 2.19. The average molecular weight is 405 g/mol. The van der Waals surface area contributed by atoms with Crippen LogP contribution < -0.4 is 15.0 Å². The molecule has 1 N–H and O–H groups in total. The minimum atomic E-state index is 0.553. The zero-order valence-corrected chi connectivity index (χ0v) is 18.3. The van der Waals surface area contributed by atoms with Crippen molar-refractivity contribution in [1.82, 2.24) is 15.3 Å². The van der Waals surface area contributed by atoms with Crippen molar-refractivity contribution in [2.24, 2.45) is 0 Å². The van der Waals surface area contributed by atoms with E-state index in [0.29, 0.717) is 6.04 Å². The summed E-state index contributed by atoms with van der Waals surface area (Å²) in [6.07, 6.45) is 4.52. The van der Waals surface area contributed by atoms with Gasteiger partial charge in [-0.25, -0.2) is 9.97 Å². The van der Waals surface area contributed by atoms with Gasteiger partial charge in [0.15, 0.2) is 0 Å². The lowest BCUT2D eigenvalue weighted by Gasteiger charge is -2.22. The highest BCUT2D eigenvalue weighted by Crippen LogP contribution is 2.22. The number of nitrogens with zero attached hydrogens (tertiary/aromatic N) is 3. The molecule has 0 bridgehead atoms. The molecule has 1 fully saturated rings. The highest BCUT2D eigenvalue weighted by atomic mass is 16.5. The van der Waals surface area contributed by atoms with Crippen molar-refractivity contribution in [3.8, 4) is 5.75 Å². The molecule has 2 aromatic carbocycles. The molecule has 0 saturated carbocycles. The maximum atomic E-state index is 5.24. The van der Waals surface area contributed by atoms with Gasteiger partial charge in [0.05, 0.1) is 18.3 Å². The molecule has 1 aromatic heterocycles. The Hall–Kier alpha value is -2.66. The summed E-state index contributed by atoms with van der Waals surface area (Å²) in [6.45, 7) is 7.22. The van der Waals surface area contributed by atoms with Crippen LogP contribution >= 0.6 is 0 Å². The molecule has 1 saturated heterocycles. The number of benzene rings is 2. The number of methoxy groups -OCH3 is 1. The summed E-state index contributed by atoms with van der Waals surface area (Å²) in [5.74, 6) is 1.79. The van der Waals surface area contributed by atoms with Gasteiger partial charge in [0.1, 0.15) is 5.75 Å². The minimum absolute atomic E-state index is 0.553. The number of nitrogens with one attached hydrogen (secondary N) is 1. The monoisotopic (exact) mass is 404 g/mol. The Balaban J connectivity index is 1.34. The Morgan fingerprint density at radius 3 is 2.67 bits per heavy atom. The maximum absolute atomic E-state index is 5.24. The lowest BCUT2D eigenvalue weighted by molar-refractivity contribution is 0.414. The lowest BCUT2D eigenvalue weighted by Crippen LogP contribution is -2.32. The van der Waals surface area contributed by atoms with E-state index in [-0.39, 0.29) is 0 Å². The Morgan fingerprint density at radius 1 is 1.03 bits per heavy atom. The number of anilines is 1. The van der Waals surface area contributed by atoms with E-state index in [0.717, 1.165) is 67.2 Å². The van der Waals surface area contributed by atoms with Gasteiger partial charge in [-0.2, -0.15) is 0 Å². The molecular weight excluding hydrogens is 372 g/mol. The maximum Gasteiger partial charge on any atom is 0.226 e. The Labute approximate surface area is 179 Å². The molecule has 30 heavy (non-hydrogen) atoms. The smallest absolute Gasteiger partial charge is 0.226 e. The predicted molar refractivity (Wildman–Crippen MR) is 124 cm³/mol. The third kappa shape index (κ3) is 4.90. The van der Waals surface area contributed by atoms with Crippen LogP contribution in [-0.4, -0.2) is 42.8 Å². The second kappa shape index (κ2) is 9.43. The van der Waals surface area contributed by atoms with Crippen LogP contribution in [0.5, 0.6) is 5.75 Å². The van der Waals surface area contributed by atoms with Crippen molar-refractivity contribution in [3.63, 3.8) is 0 Å². The molecule has 1 unspecified atom stereocenters. The third-order valence-corrected chi connectivity index (χ3v) is 6.05.